The van der Waals surface area contributed by atoms with E-state index in [0.29, 0.717) is 0 Å². The lowest BCUT2D eigenvalue weighted by atomic mass is 9.95. The topological polar surface area (TPSA) is 27.0 Å². The molecule has 0 saturated heterocycles. The van der Waals surface area contributed by atoms with E-state index in [0.717, 1.165) is 24.9 Å². The average Bonchev–Trinajstić information content (AvgIpc) is 2.73. The number of nitriles is 1. The maximum atomic E-state index is 9.15. The van der Waals surface area contributed by atoms with Gasteiger partial charge < -0.3 is 4.90 Å². The number of nitrogens with zero attached hydrogens (tertiary/aromatic N) is 2. The first kappa shape index (κ1) is 11.2. The second-order valence-electron chi connectivity index (χ2n) is 4.75. The lowest BCUT2D eigenvalue weighted by Gasteiger charge is -2.14. The average molecular weight is 214 g/mol. The van der Waals surface area contributed by atoms with E-state index in [9.17, 15) is 0 Å². The van der Waals surface area contributed by atoms with E-state index in [1.165, 1.54) is 29.5 Å². The molecule has 0 amide bonds. The highest BCUT2D eigenvalue weighted by atomic mass is 15.0. The summed E-state index contributed by atoms with van der Waals surface area (Å²) in [7, 11) is 4.16. The van der Waals surface area contributed by atoms with E-state index in [-0.39, 0.29) is 0 Å². The molecule has 16 heavy (non-hydrogen) atoms. The predicted octanol–water partition coefficient (Wildman–Crippen LogP) is 2.15. The van der Waals surface area contributed by atoms with Crippen molar-refractivity contribution in [3.05, 3.63) is 34.4 Å². The van der Waals surface area contributed by atoms with Crippen LogP contribution in [0.4, 0.5) is 0 Å². The fourth-order valence-electron chi connectivity index (χ4n) is 2.47. The van der Waals surface area contributed by atoms with Crippen molar-refractivity contribution in [1.29, 1.82) is 5.26 Å². The zero-order valence-corrected chi connectivity index (χ0v) is 10.1. The fourth-order valence-corrected chi connectivity index (χ4v) is 2.47. The first-order chi connectivity index (χ1) is 7.72. The van der Waals surface area contributed by atoms with Gasteiger partial charge in [-0.15, -0.1) is 0 Å². The molecule has 2 heteroatoms. The van der Waals surface area contributed by atoms with Crippen LogP contribution < -0.4 is 0 Å². The number of likely N-dealkylation sites (N-methyl/N-ethyl adjacent to an activating group) is 1. The highest BCUT2D eigenvalue weighted by Gasteiger charge is 2.17. The quantitative estimate of drug-likeness (QED) is 0.771. The summed E-state index contributed by atoms with van der Waals surface area (Å²) < 4.78 is 0. The Balaban J connectivity index is 2.33. The van der Waals surface area contributed by atoms with E-state index in [4.69, 9.17) is 5.26 Å². The van der Waals surface area contributed by atoms with Gasteiger partial charge in [0.1, 0.15) is 0 Å². The van der Waals surface area contributed by atoms with Gasteiger partial charge in [-0.2, -0.15) is 5.26 Å². The molecule has 1 aliphatic rings. The molecule has 0 aliphatic heterocycles. The monoisotopic (exact) mass is 214 g/mol. The van der Waals surface area contributed by atoms with Crippen molar-refractivity contribution in [2.75, 3.05) is 20.6 Å². The van der Waals surface area contributed by atoms with Gasteiger partial charge in [-0.3, -0.25) is 0 Å². The van der Waals surface area contributed by atoms with Crippen molar-refractivity contribution < 1.29 is 0 Å². The molecule has 0 fully saturated rings. The molecule has 0 heterocycles. The molecule has 0 atom stereocenters. The number of fused-ring (bicyclic) bond motifs is 1. The standard InChI is InChI=1S/C14H18N2/c1-16(2)9-8-14-12(10-15)7-6-11-4-3-5-13(11)14/h6-7H,3-5,8-9H2,1-2H3. The Kier molecular flexibility index (Phi) is 3.26. The third kappa shape index (κ3) is 2.10. The molecule has 0 aromatic heterocycles. The van der Waals surface area contributed by atoms with Crippen LogP contribution in [-0.2, 0) is 19.3 Å². The van der Waals surface area contributed by atoms with Crippen molar-refractivity contribution in [1.82, 2.24) is 4.90 Å². The summed E-state index contributed by atoms with van der Waals surface area (Å²) >= 11 is 0. The van der Waals surface area contributed by atoms with Gasteiger partial charge in [0.25, 0.3) is 0 Å². The lowest BCUT2D eigenvalue weighted by Crippen LogP contribution is -2.16. The molecule has 0 bridgehead atoms. The van der Waals surface area contributed by atoms with Gasteiger partial charge in [0.05, 0.1) is 11.6 Å². The van der Waals surface area contributed by atoms with Crippen LogP contribution in [0.5, 0.6) is 0 Å². The van der Waals surface area contributed by atoms with Crippen LogP contribution in [0.1, 0.15) is 28.7 Å². The zero-order chi connectivity index (χ0) is 11.5. The summed E-state index contributed by atoms with van der Waals surface area (Å²) in [5.74, 6) is 0. The van der Waals surface area contributed by atoms with E-state index >= 15 is 0 Å². The van der Waals surface area contributed by atoms with Crippen LogP contribution in [0.15, 0.2) is 12.1 Å². The van der Waals surface area contributed by atoms with Gasteiger partial charge in [0.2, 0.25) is 0 Å². The fraction of sp³-hybridized carbons (Fsp3) is 0.500. The smallest absolute Gasteiger partial charge is 0.0994 e. The molecule has 1 aromatic rings. The molecular weight excluding hydrogens is 196 g/mol. The summed E-state index contributed by atoms with van der Waals surface area (Å²) in [6, 6.07) is 6.46. The molecule has 0 spiro atoms. The third-order valence-electron chi connectivity index (χ3n) is 3.33. The Morgan fingerprint density at radius 3 is 2.81 bits per heavy atom. The Hall–Kier alpha value is -1.33. The molecule has 1 aliphatic carbocycles. The highest BCUT2D eigenvalue weighted by Crippen LogP contribution is 2.28. The van der Waals surface area contributed by atoms with Crippen molar-refractivity contribution in [2.45, 2.75) is 25.7 Å². The number of hydrogen-bond acceptors (Lipinski definition) is 2. The Morgan fingerprint density at radius 1 is 1.31 bits per heavy atom. The molecule has 2 nitrogen and oxygen atoms in total. The van der Waals surface area contributed by atoms with Crippen LogP contribution in [-0.4, -0.2) is 25.5 Å². The van der Waals surface area contributed by atoms with Crippen LogP contribution in [0.2, 0.25) is 0 Å². The molecule has 0 radical (unpaired) electrons. The van der Waals surface area contributed by atoms with Crippen molar-refractivity contribution in [3.63, 3.8) is 0 Å². The van der Waals surface area contributed by atoms with Crippen molar-refractivity contribution in [2.24, 2.45) is 0 Å². The number of benzene rings is 1. The maximum absolute atomic E-state index is 9.15. The summed E-state index contributed by atoms with van der Waals surface area (Å²) in [5.41, 5.74) is 5.10. The Morgan fingerprint density at radius 2 is 2.12 bits per heavy atom. The van der Waals surface area contributed by atoms with E-state index in [1.807, 2.05) is 6.07 Å². The van der Waals surface area contributed by atoms with Gasteiger partial charge in [-0.25, -0.2) is 0 Å². The minimum absolute atomic E-state index is 0.877. The highest BCUT2D eigenvalue weighted by molar-refractivity contribution is 5.48. The Labute approximate surface area is 97.5 Å². The Bertz CT molecular complexity index is 427. The summed E-state index contributed by atoms with van der Waals surface area (Å²) in [6.07, 6.45) is 4.60. The van der Waals surface area contributed by atoms with Crippen molar-refractivity contribution >= 4 is 0 Å². The van der Waals surface area contributed by atoms with Gasteiger partial charge in [0.15, 0.2) is 0 Å². The molecular formula is C14H18N2. The minimum Gasteiger partial charge on any atom is -0.309 e. The second kappa shape index (κ2) is 4.67. The normalized spacial score (nSPS) is 13.9. The second-order valence-corrected chi connectivity index (χ2v) is 4.75. The maximum Gasteiger partial charge on any atom is 0.0994 e. The molecule has 84 valence electrons. The number of aryl methyl sites for hydroxylation is 1. The summed E-state index contributed by atoms with van der Waals surface area (Å²) in [5, 5.41) is 9.15. The minimum atomic E-state index is 0.877. The summed E-state index contributed by atoms with van der Waals surface area (Å²) in [6.45, 7) is 1.02. The van der Waals surface area contributed by atoms with Gasteiger partial charge >= 0.3 is 0 Å². The SMILES string of the molecule is CN(C)CCc1c(C#N)ccc2c1CCC2. The number of rotatable bonds is 3. The van der Waals surface area contributed by atoms with Crippen LogP contribution >= 0.6 is 0 Å². The van der Waals surface area contributed by atoms with Gasteiger partial charge in [-0.05, 0) is 62.5 Å². The third-order valence-corrected chi connectivity index (χ3v) is 3.33. The molecule has 0 saturated carbocycles. The predicted molar refractivity (Wildman–Crippen MR) is 65.4 cm³/mol. The number of hydrogen-bond donors (Lipinski definition) is 0. The van der Waals surface area contributed by atoms with E-state index in [1.54, 1.807) is 0 Å². The molecule has 1 aromatic carbocycles. The van der Waals surface area contributed by atoms with Gasteiger partial charge in [0, 0.05) is 6.54 Å². The summed E-state index contributed by atoms with van der Waals surface area (Å²) in [4.78, 5) is 2.18. The molecule has 0 N–H and O–H groups in total. The molecule has 0 unspecified atom stereocenters. The zero-order valence-electron chi connectivity index (χ0n) is 10.1. The molecule has 2 rings (SSSR count). The lowest BCUT2D eigenvalue weighted by molar-refractivity contribution is 0.413. The van der Waals surface area contributed by atoms with Crippen LogP contribution in [0.3, 0.4) is 0 Å². The van der Waals surface area contributed by atoms with E-state index < -0.39 is 0 Å². The van der Waals surface area contributed by atoms with Crippen molar-refractivity contribution in [3.8, 4) is 6.07 Å². The largest absolute Gasteiger partial charge is 0.309 e. The van der Waals surface area contributed by atoms with Crippen LogP contribution in [0.25, 0.3) is 0 Å². The van der Waals surface area contributed by atoms with E-state index in [2.05, 4.69) is 31.1 Å². The first-order valence-corrected chi connectivity index (χ1v) is 5.91. The first-order valence-electron chi connectivity index (χ1n) is 5.91. The van der Waals surface area contributed by atoms with Gasteiger partial charge in [-0.1, -0.05) is 6.07 Å². The van der Waals surface area contributed by atoms with Crippen LogP contribution in [0, 0.1) is 11.3 Å².